The molecular weight excluding hydrogens is 268 g/mol. The summed E-state index contributed by atoms with van der Waals surface area (Å²) in [4.78, 5) is 0. The van der Waals surface area contributed by atoms with Gasteiger partial charge >= 0.3 is 0 Å². The zero-order valence-electron chi connectivity index (χ0n) is 10.1. The van der Waals surface area contributed by atoms with Crippen molar-refractivity contribution in [1.29, 1.82) is 0 Å². The maximum absolute atomic E-state index is 6.13. The average Bonchev–Trinajstić information content (AvgIpc) is 2.58. The maximum atomic E-state index is 6.13. The summed E-state index contributed by atoms with van der Waals surface area (Å²) in [5.74, 6) is 0. The highest BCUT2D eigenvalue weighted by Gasteiger charge is 2.15. The quantitative estimate of drug-likeness (QED) is 0.785. The lowest BCUT2D eigenvalue weighted by Gasteiger charge is -2.11. The molecule has 1 rings (SSSR count). The Morgan fingerprint density at radius 3 is 2.56 bits per heavy atom. The van der Waals surface area contributed by atoms with Crippen molar-refractivity contribution in [3.05, 3.63) is 10.3 Å². The van der Waals surface area contributed by atoms with Crippen LogP contribution in [0.5, 0.6) is 0 Å². The van der Waals surface area contributed by atoms with Crippen LogP contribution >= 0.6 is 15.9 Å². The third-order valence-corrected chi connectivity index (χ3v) is 3.36. The Hall–Kier alpha value is -0.420. The molecule has 0 saturated carbocycles. The van der Waals surface area contributed by atoms with E-state index in [1.54, 1.807) is 4.68 Å². The van der Waals surface area contributed by atoms with Gasteiger partial charge in [0.05, 0.1) is 5.69 Å². The molecule has 0 aliphatic carbocycles. The number of hydrogen-bond donors (Lipinski definition) is 1. The van der Waals surface area contributed by atoms with Gasteiger partial charge in [-0.3, -0.25) is 0 Å². The minimum absolute atomic E-state index is 0.0380. The summed E-state index contributed by atoms with van der Waals surface area (Å²) in [7, 11) is 1.88. The molecule has 0 aromatic carbocycles. The number of unbranched alkanes of at least 4 members (excludes halogenated alkanes) is 4. The second kappa shape index (κ2) is 7.01. The third kappa shape index (κ3) is 3.87. The number of nitrogens with zero attached hydrogens (tertiary/aromatic N) is 3. The minimum Gasteiger partial charge on any atom is -0.323 e. The average molecular weight is 289 g/mol. The Bertz CT molecular complexity index is 291. The molecule has 1 aromatic rings. The van der Waals surface area contributed by atoms with Gasteiger partial charge in [-0.1, -0.05) is 44.2 Å². The largest absolute Gasteiger partial charge is 0.323 e. The summed E-state index contributed by atoms with van der Waals surface area (Å²) < 4.78 is 2.52. The van der Waals surface area contributed by atoms with Crippen LogP contribution in [0.3, 0.4) is 0 Å². The maximum Gasteiger partial charge on any atom is 0.153 e. The van der Waals surface area contributed by atoms with Gasteiger partial charge in [0.25, 0.3) is 0 Å². The van der Waals surface area contributed by atoms with E-state index in [0.29, 0.717) is 0 Å². The van der Waals surface area contributed by atoms with Crippen LogP contribution in [0.2, 0.25) is 0 Å². The first-order valence-electron chi connectivity index (χ1n) is 5.97. The normalized spacial score (nSPS) is 13.0. The number of nitrogens with two attached hydrogens (primary N) is 1. The molecule has 1 heterocycles. The molecule has 1 atom stereocenters. The topological polar surface area (TPSA) is 56.7 Å². The lowest BCUT2D eigenvalue weighted by atomic mass is 10.1. The van der Waals surface area contributed by atoms with E-state index in [1.165, 1.54) is 32.1 Å². The third-order valence-electron chi connectivity index (χ3n) is 2.80. The SMILES string of the molecule is CCCCCCCC(N)c1c(Br)nnn1C. The van der Waals surface area contributed by atoms with Gasteiger partial charge in [0.1, 0.15) is 0 Å². The Balaban J connectivity index is 2.32. The standard InChI is InChI=1S/C11H21BrN4/c1-3-4-5-6-7-8-9(13)10-11(12)14-15-16(10)2/h9H,3-8,13H2,1-2H3. The van der Waals surface area contributed by atoms with Gasteiger partial charge in [0.2, 0.25) is 0 Å². The first-order valence-corrected chi connectivity index (χ1v) is 6.76. The summed E-state index contributed by atoms with van der Waals surface area (Å²) in [6.07, 6.45) is 7.37. The lowest BCUT2D eigenvalue weighted by Crippen LogP contribution is -2.15. The molecule has 0 fully saturated rings. The van der Waals surface area contributed by atoms with E-state index in [-0.39, 0.29) is 6.04 Å². The molecule has 0 radical (unpaired) electrons. The molecule has 1 aromatic heterocycles. The Labute approximate surface area is 106 Å². The molecule has 2 N–H and O–H groups in total. The highest BCUT2D eigenvalue weighted by atomic mass is 79.9. The molecule has 0 bridgehead atoms. The van der Waals surface area contributed by atoms with Crippen molar-refractivity contribution >= 4 is 15.9 Å². The molecule has 16 heavy (non-hydrogen) atoms. The van der Waals surface area contributed by atoms with E-state index >= 15 is 0 Å². The van der Waals surface area contributed by atoms with Crippen LogP contribution < -0.4 is 5.73 Å². The second-order valence-electron chi connectivity index (χ2n) is 4.20. The van der Waals surface area contributed by atoms with E-state index in [4.69, 9.17) is 5.73 Å². The van der Waals surface area contributed by atoms with Crippen LogP contribution in [0, 0.1) is 0 Å². The molecule has 0 amide bonds. The fourth-order valence-corrected chi connectivity index (χ4v) is 2.46. The van der Waals surface area contributed by atoms with E-state index in [9.17, 15) is 0 Å². The van der Waals surface area contributed by atoms with E-state index < -0.39 is 0 Å². The summed E-state index contributed by atoms with van der Waals surface area (Å²) >= 11 is 3.38. The number of halogens is 1. The monoisotopic (exact) mass is 288 g/mol. The van der Waals surface area contributed by atoms with E-state index in [0.717, 1.165) is 16.7 Å². The lowest BCUT2D eigenvalue weighted by molar-refractivity contribution is 0.525. The first-order chi connectivity index (χ1) is 7.66. The smallest absolute Gasteiger partial charge is 0.153 e. The van der Waals surface area contributed by atoms with Crippen molar-refractivity contribution in [2.75, 3.05) is 0 Å². The Kier molecular flexibility index (Phi) is 5.98. The molecule has 0 aliphatic rings. The zero-order chi connectivity index (χ0) is 12.0. The number of hydrogen-bond acceptors (Lipinski definition) is 3. The van der Waals surface area contributed by atoms with Gasteiger partial charge in [-0.15, -0.1) is 5.10 Å². The minimum atomic E-state index is 0.0380. The first kappa shape index (κ1) is 13.6. The van der Waals surface area contributed by atoms with Crippen molar-refractivity contribution in [1.82, 2.24) is 15.0 Å². The van der Waals surface area contributed by atoms with Crippen LogP contribution in [0.25, 0.3) is 0 Å². The highest BCUT2D eigenvalue weighted by molar-refractivity contribution is 9.10. The van der Waals surface area contributed by atoms with Gasteiger partial charge in [-0.2, -0.15) is 0 Å². The van der Waals surface area contributed by atoms with Crippen molar-refractivity contribution in [3.8, 4) is 0 Å². The van der Waals surface area contributed by atoms with Gasteiger partial charge in [-0.25, -0.2) is 4.68 Å². The number of aromatic nitrogens is 3. The zero-order valence-corrected chi connectivity index (χ0v) is 11.7. The fraction of sp³-hybridized carbons (Fsp3) is 0.818. The van der Waals surface area contributed by atoms with Crippen molar-refractivity contribution < 1.29 is 0 Å². The van der Waals surface area contributed by atoms with Crippen LogP contribution in [-0.2, 0) is 7.05 Å². The van der Waals surface area contributed by atoms with Crippen molar-refractivity contribution in [2.24, 2.45) is 12.8 Å². The summed E-state index contributed by atoms with van der Waals surface area (Å²) in [5, 5.41) is 7.88. The number of rotatable bonds is 7. The van der Waals surface area contributed by atoms with Crippen LogP contribution in [-0.4, -0.2) is 15.0 Å². The van der Waals surface area contributed by atoms with Gasteiger partial charge in [0.15, 0.2) is 4.60 Å². The van der Waals surface area contributed by atoms with Crippen molar-refractivity contribution in [3.63, 3.8) is 0 Å². The molecule has 0 aliphatic heterocycles. The molecule has 0 spiro atoms. The Morgan fingerprint density at radius 2 is 2.00 bits per heavy atom. The molecule has 0 saturated heterocycles. The van der Waals surface area contributed by atoms with Crippen LogP contribution in [0.15, 0.2) is 4.60 Å². The predicted molar refractivity (Wildman–Crippen MR) is 69.0 cm³/mol. The van der Waals surface area contributed by atoms with E-state index in [1.807, 2.05) is 7.05 Å². The highest BCUT2D eigenvalue weighted by Crippen LogP contribution is 2.22. The molecule has 92 valence electrons. The predicted octanol–water partition coefficient (Wildman–Crippen LogP) is 2.94. The molecule has 5 heteroatoms. The van der Waals surface area contributed by atoms with E-state index in [2.05, 4.69) is 33.2 Å². The summed E-state index contributed by atoms with van der Waals surface area (Å²) in [5.41, 5.74) is 7.12. The van der Waals surface area contributed by atoms with Gasteiger partial charge < -0.3 is 5.73 Å². The molecular formula is C11H21BrN4. The fourth-order valence-electron chi connectivity index (χ4n) is 1.84. The van der Waals surface area contributed by atoms with Gasteiger partial charge in [0, 0.05) is 13.1 Å². The molecule has 1 unspecified atom stereocenters. The van der Waals surface area contributed by atoms with Crippen LogP contribution in [0.1, 0.15) is 57.2 Å². The van der Waals surface area contributed by atoms with Crippen LogP contribution in [0.4, 0.5) is 0 Å². The number of aryl methyl sites for hydroxylation is 1. The van der Waals surface area contributed by atoms with Gasteiger partial charge in [-0.05, 0) is 22.4 Å². The molecule has 4 nitrogen and oxygen atoms in total. The second-order valence-corrected chi connectivity index (χ2v) is 4.95. The summed E-state index contributed by atoms with van der Waals surface area (Å²) in [6.45, 7) is 2.23. The van der Waals surface area contributed by atoms with Crippen molar-refractivity contribution in [2.45, 2.75) is 51.5 Å². The summed E-state index contributed by atoms with van der Waals surface area (Å²) in [6, 6.07) is 0.0380. The Morgan fingerprint density at radius 1 is 1.31 bits per heavy atom.